The van der Waals surface area contributed by atoms with Crippen LogP contribution in [-0.4, -0.2) is 31.6 Å². The molecule has 0 radical (unpaired) electrons. The van der Waals surface area contributed by atoms with Gasteiger partial charge in [-0.15, -0.1) is 0 Å². The number of hydrogen-bond acceptors (Lipinski definition) is 5. The maximum Gasteiger partial charge on any atom is 0.319 e. The highest BCUT2D eigenvalue weighted by atomic mass is 35.5. The Balaban J connectivity index is 1.67. The summed E-state index contributed by atoms with van der Waals surface area (Å²) in [6.07, 6.45) is 2.59. The average Bonchev–Trinajstić information content (AvgIpc) is 3.16. The molecule has 9 heteroatoms. The molecule has 0 unspecified atom stereocenters. The minimum Gasteiger partial charge on any atom is -0.338 e. The van der Waals surface area contributed by atoms with Crippen LogP contribution in [0.15, 0.2) is 41.2 Å². The number of halogens is 3. The van der Waals surface area contributed by atoms with Crippen LogP contribution in [0.1, 0.15) is 18.3 Å². The molecule has 0 fully saturated rings. The van der Waals surface area contributed by atoms with Crippen molar-refractivity contribution in [2.75, 3.05) is 7.05 Å². The fourth-order valence-corrected chi connectivity index (χ4v) is 2.43. The molecule has 24 heavy (non-hydrogen) atoms. The zero-order chi connectivity index (χ0) is 17.1. The molecule has 0 aliphatic carbocycles. The Labute approximate surface area is 141 Å². The van der Waals surface area contributed by atoms with Crippen LogP contribution in [0.3, 0.4) is 0 Å². The first-order chi connectivity index (χ1) is 11.5. The van der Waals surface area contributed by atoms with E-state index in [9.17, 15) is 8.78 Å². The number of benzene rings is 1. The average molecular weight is 354 g/mol. The highest BCUT2D eigenvalue weighted by Gasteiger charge is 2.15. The van der Waals surface area contributed by atoms with E-state index in [1.54, 1.807) is 30.1 Å². The molecule has 2 heterocycles. The van der Waals surface area contributed by atoms with Crippen LogP contribution >= 0.6 is 11.6 Å². The first-order valence-electron chi connectivity index (χ1n) is 7.10. The van der Waals surface area contributed by atoms with Gasteiger partial charge >= 0.3 is 6.55 Å². The molecule has 126 valence electrons. The van der Waals surface area contributed by atoms with Gasteiger partial charge in [-0.1, -0.05) is 28.9 Å². The van der Waals surface area contributed by atoms with E-state index < -0.39 is 6.55 Å². The van der Waals surface area contributed by atoms with E-state index >= 15 is 0 Å². The highest BCUT2D eigenvalue weighted by molar-refractivity contribution is 6.30. The van der Waals surface area contributed by atoms with E-state index in [2.05, 4.69) is 15.1 Å². The molecule has 0 aliphatic heterocycles. The summed E-state index contributed by atoms with van der Waals surface area (Å²) >= 11 is 5.94. The lowest BCUT2D eigenvalue weighted by atomic mass is 10.2. The van der Waals surface area contributed by atoms with Crippen LogP contribution in [0.5, 0.6) is 0 Å². The van der Waals surface area contributed by atoms with E-state index in [1.807, 2.05) is 6.07 Å². The Hall–Kier alpha value is -2.32. The monoisotopic (exact) mass is 353 g/mol. The Morgan fingerprint density at radius 2 is 2.17 bits per heavy atom. The smallest absolute Gasteiger partial charge is 0.319 e. The van der Waals surface area contributed by atoms with Crippen LogP contribution in [0.2, 0.25) is 5.02 Å². The number of nitrogens with zero attached hydrogens (tertiary/aromatic N) is 5. The summed E-state index contributed by atoms with van der Waals surface area (Å²) in [5, 5.41) is 4.49. The van der Waals surface area contributed by atoms with Crippen LogP contribution in [0.4, 0.5) is 8.78 Å². The lowest BCUT2D eigenvalue weighted by Gasteiger charge is -2.14. The third kappa shape index (κ3) is 3.77. The summed E-state index contributed by atoms with van der Waals surface area (Å²) < 4.78 is 31.7. The van der Waals surface area contributed by atoms with Gasteiger partial charge in [-0.05, 0) is 19.2 Å². The molecule has 2 aromatic heterocycles. The van der Waals surface area contributed by atoms with Gasteiger partial charge in [0.15, 0.2) is 0 Å². The number of alkyl halides is 2. The Kier molecular flexibility index (Phi) is 4.86. The predicted molar refractivity (Wildman–Crippen MR) is 83.4 cm³/mol. The minimum atomic E-state index is -2.62. The molecule has 0 amide bonds. The number of rotatable bonds is 6. The van der Waals surface area contributed by atoms with Crippen molar-refractivity contribution in [3.8, 4) is 11.4 Å². The number of imidazole rings is 1. The largest absolute Gasteiger partial charge is 0.338 e. The van der Waals surface area contributed by atoms with E-state index in [1.165, 1.54) is 12.4 Å². The van der Waals surface area contributed by atoms with Gasteiger partial charge in [-0.2, -0.15) is 13.8 Å². The van der Waals surface area contributed by atoms with Gasteiger partial charge in [0.05, 0.1) is 13.1 Å². The first kappa shape index (κ1) is 16.5. The maximum atomic E-state index is 12.8. The fourth-order valence-electron chi connectivity index (χ4n) is 2.24. The molecule has 6 nitrogen and oxygen atoms in total. The molecule has 0 N–H and O–H groups in total. The fraction of sp³-hybridized carbons (Fsp3) is 0.267. The summed E-state index contributed by atoms with van der Waals surface area (Å²) in [5.74, 6) is 1.07. The van der Waals surface area contributed by atoms with Gasteiger partial charge < -0.3 is 4.52 Å². The third-order valence-electron chi connectivity index (χ3n) is 3.33. The second-order valence-corrected chi connectivity index (χ2v) is 5.66. The van der Waals surface area contributed by atoms with E-state index in [-0.39, 0.29) is 12.4 Å². The van der Waals surface area contributed by atoms with Crippen molar-refractivity contribution in [1.29, 1.82) is 0 Å². The van der Waals surface area contributed by atoms with Crippen molar-refractivity contribution >= 4 is 11.6 Å². The Morgan fingerprint density at radius 3 is 2.92 bits per heavy atom. The third-order valence-corrected chi connectivity index (χ3v) is 3.56. The van der Waals surface area contributed by atoms with Crippen molar-refractivity contribution in [1.82, 2.24) is 24.6 Å². The van der Waals surface area contributed by atoms with Gasteiger partial charge in [-0.25, -0.2) is 4.98 Å². The van der Waals surface area contributed by atoms with Crippen molar-refractivity contribution < 1.29 is 13.3 Å². The van der Waals surface area contributed by atoms with Crippen LogP contribution < -0.4 is 0 Å². The van der Waals surface area contributed by atoms with Crippen molar-refractivity contribution in [3.63, 3.8) is 0 Å². The van der Waals surface area contributed by atoms with E-state index in [0.717, 1.165) is 10.1 Å². The molecule has 3 rings (SSSR count). The van der Waals surface area contributed by atoms with E-state index in [0.29, 0.717) is 23.3 Å². The first-order valence-corrected chi connectivity index (χ1v) is 7.47. The van der Waals surface area contributed by atoms with Crippen LogP contribution in [0, 0.1) is 0 Å². The summed E-state index contributed by atoms with van der Waals surface area (Å²) in [7, 11) is 1.76. The lowest BCUT2D eigenvalue weighted by Crippen LogP contribution is -2.20. The zero-order valence-corrected chi connectivity index (χ0v) is 13.5. The second-order valence-electron chi connectivity index (χ2n) is 5.22. The standard InChI is InChI=1S/C15H14ClF2N5O/c1-22(8-12-19-5-6-23(12)15(17)18)9-13-20-14(21-24-13)10-3-2-4-11(16)7-10/h2-7,15H,8-9H2,1H3. The van der Waals surface area contributed by atoms with Crippen molar-refractivity contribution in [2.24, 2.45) is 0 Å². The minimum absolute atomic E-state index is 0.228. The lowest BCUT2D eigenvalue weighted by molar-refractivity contribution is 0.0642. The molecule has 0 bridgehead atoms. The molecule has 0 spiro atoms. The summed E-state index contributed by atoms with van der Waals surface area (Å²) in [5.41, 5.74) is 0.744. The van der Waals surface area contributed by atoms with Crippen molar-refractivity contribution in [2.45, 2.75) is 19.6 Å². The zero-order valence-electron chi connectivity index (χ0n) is 12.7. The molecular weight excluding hydrogens is 340 g/mol. The topological polar surface area (TPSA) is 60.0 Å². The molecule has 3 aromatic rings. The SMILES string of the molecule is CN(Cc1nc(-c2cccc(Cl)c2)no1)Cc1nccn1C(F)F. The number of hydrogen-bond donors (Lipinski definition) is 0. The molecule has 0 saturated carbocycles. The molecule has 0 saturated heterocycles. The quantitative estimate of drug-likeness (QED) is 0.677. The highest BCUT2D eigenvalue weighted by Crippen LogP contribution is 2.20. The number of aromatic nitrogens is 4. The van der Waals surface area contributed by atoms with Crippen molar-refractivity contribution in [3.05, 3.63) is 53.4 Å². The second kappa shape index (κ2) is 7.06. The molecule has 1 aromatic carbocycles. The summed E-state index contributed by atoms with van der Waals surface area (Å²) in [6, 6.07) is 7.11. The molecule has 0 aliphatic rings. The van der Waals surface area contributed by atoms with Gasteiger partial charge in [0, 0.05) is 23.0 Å². The van der Waals surface area contributed by atoms with E-state index in [4.69, 9.17) is 16.1 Å². The summed E-state index contributed by atoms with van der Waals surface area (Å²) in [4.78, 5) is 10.00. The van der Waals surface area contributed by atoms with Gasteiger partial charge in [0.25, 0.3) is 0 Å². The van der Waals surface area contributed by atoms with Gasteiger partial charge in [0.2, 0.25) is 11.7 Å². The molecule has 0 atom stereocenters. The van der Waals surface area contributed by atoms with Gasteiger partial charge in [0.1, 0.15) is 5.82 Å². The predicted octanol–water partition coefficient (Wildman–Crippen LogP) is 3.61. The van der Waals surface area contributed by atoms with Crippen LogP contribution in [-0.2, 0) is 13.1 Å². The maximum absolute atomic E-state index is 12.8. The Morgan fingerprint density at radius 1 is 1.33 bits per heavy atom. The molecular formula is C15H14ClF2N5O. The summed E-state index contributed by atoms with van der Waals surface area (Å²) in [6.45, 7) is -2.08. The Bertz CT molecular complexity index is 820. The normalized spacial score (nSPS) is 11.6. The van der Waals surface area contributed by atoms with Gasteiger partial charge in [-0.3, -0.25) is 9.47 Å². The van der Waals surface area contributed by atoms with Crippen LogP contribution in [0.25, 0.3) is 11.4 Å².